The molecule has 0 aliphatic rings. The Bertz CT molecular complexity index is 468. The summed E-state index contributed by atoms with van der Waals surface area (Å²) in [6, 6.07) is 5.58. The first-order chi connectivity index (χ1) is 7.38. The summed E-state index contributed by atoms with van der Waals surface area (Å²) in [5.74, 6) is -0.253. The Balaban J connectivity index is 3.10. The van der Waals surface area contributed by atoms with Gasteiger partial charge in [0.1, 0.15) is 0 Å². The van der Waals surface area contributed by atoms with Gasteiger partial charge < -0.3 is 5.11 Å². The van der Waals surface area contributed by atoms with Gasteiger partial charge in [0, 0.05) is 7.05 Å². The van der Waals surface area contributed by atoms with Crippen LogP contribution in [-0.2, 0) is 10.0 Å². The smallest absolute Gasteiger partial charge is 0.237 e. The Morgan fingerprint density at radius 1 is 1.31 bits per heavy atom. The lowest BCUT2D eigenvalue weighted by Gasteiger charge is -2.21. The van der Waals surface area contributed by atoms with E-state index in [1.165, 1.54) is 11.4 Å². The van der Waals surface area contributed by atoms with Gasteiger partial charge in [-0.2, -0.15) is 0 Å². The lowest BCUT2D eigenvalue weighted by atomic mass is 10.1. The van der Waals surface area contributed by atoms with E-state index in [2.05, 4.69) is 0 Å². The zero-order valence-corrected chi connectivity index (χ0v) is 10.6. The highest BCUT2D eigenvalue weighted by atomic mass is 32.2. The van der Waals surface area contributed by atoms with E-state index in [9.17, 15) is 8.42 Å². The van der Waals surface area contributed by atoms with Crippen LogP contribution in [0.4, 0.5) is 5.69 Å². The van der Waals surface area contributed by atoms with Crippen LogP contribution in [0, 0.1) is 13.8 Å². The number of hydrogen-bond acceptors (Lipinski definition) is 3. The van der Waals surface area contributed by atoms with Gasteiger partial charge >= 0.3 is 0 Å². The summed E-state index contributed by atoms with van der Waals surface area (Å²) in [5.41, 5.74) is 2.65. The fourth-order valence-corrected chi connectivity index (χ4v) is 2.57. The molecule has 5 heteroatoms. The molecule has 0 aliphatic carbocycles. The van der Waals surface area contributed by atoms with E-state index in [-0.39, 0.29) is 12.4 Å². The second kappa shape index (κ2) is 4.84. The van der Waals surface area contributed by atoms with Crippen LogP contribution in [-0.4, -0.2) is 32.9 Å². The van der Waals surface area contributed by atoms with Crippen LogP contribution >= 0.6 is 0 Å². The van der Waals surface area contributed by atoms with Gasteiger partial charge in [0.05, 0.1) is 18.0 Å². The quantitative estimate of drug-likeness (QED) is 0.860. The second-order valence-electron chi connectivity index (χ2n) is 3.80. The lowest BCUT2D eigenvalue weighted by molar-refractivity contribution is 0.319. The van der Waals surface area contributed by atoms with Gasteiger partial charge in [-0.1, -0.05) is 17.7 Å². The molecular formula is C11H17NO3S. The van der Waals surface area contributed by atoms with Crippen LogP contribution in [0.25, 0.3) is 0 Å². The summed E-state index contributed by atoms with van der Waals surface area (Å²) >= 11 is 0. The standard InChI is InChI=1S/C11H17NO3S/c1-9-4-5-11(10(2)8-9)12(3)16(14,15)7-6-13/h4-5,8,13H,6-7H2,1-3H3. The van der Waals surface area contributed by atoms with Crippen LogP contribution in [0.5, 0.6) is 0 Å². The van der Waals surface area contributed by atoms with E-state index >= 15 is 0 Å². The summed E-state index contributed by atoms with van der Waals surface area (Å²) in [4.78, 5) is 0. The molecule has 1 rings (SSSR count). The molecular weight excluding hydrogens is 226 g/mol. The SMILES string of the molecule is Cc1ccc(N(C)S(=O)(=O)CCO)c(C)c1. The molecule has 0 fully saturated rings. The van der Waals surface area contributed by atoms with Crippen LogP contribution in [0.1, 0.15) is 11.1 Å². The van der Waals surface area contributed by atoms with Crippen molar-refractivity contribution in [2.24, 2.45) is 0 Å². The molecule has 90 valence electrons. The summed E-state index contributed by atoms with van der Waals surface area (Å²) < 4.78 is 24.7. The molecule has 0 amide bonds. The molecule has 0 saturated carbocycles. The number of nitrogens with zero attached hydrogens (tertiary/aromatic N) is 1. The molecule has 0 heterocycles. The van der Waals surface area contributed by atoms with Gasteiger partial charge in [-0.25, -0.2) is 8.42 Å². The monoisotopic (exact) mass is 243 g/mol. The van der Waals surface area contributed by atoms with Gasteiger partial charge in [-0.15, -0.1) is 0 Å². The third kappa shape index (κ3) is 2.74. The van der Waals surface area contributed by atoms with Crippen LogP contribution in [0.2, 0.25) is 0 Å². The summed E-state index contributed by atoms with van der Waals surface area (Å²) in [6.45, 7) is 3.46. The molecule has 0 aromatic heterocycles. The summed E-state index contributed by atoms with van der Waals surface area (Å²) in [5, 5.41) is 8.71. The molecule has 16 heavy (non-hydrogen) atoms. The van der Waals surface area contributed by atoms with Crippen molar-refractivity contribution >= 4 is 15.7 Å². The highest BCUT2D eigenvalue weighted by Gasteiger charge is 2.18. The number of anilines is 1. The minimum Gasteiger partial charge on any atom is -0.395 e. The van der Waals surface area contributed by atoms with Crippen molar-refractivity contribution in [3.8, 4) is 0 Å². The Morgan fingerprint density at radius 3 is 2.44 bits per heavy atom. The number of hydrogen-bond donors (Lipinski definition) is 1. The average Bonchev–Trinajstić information content (AvgIpc) is 2.16. The first kappa shape index (κ1) is 13.0. The van der Waals surface area contributed by atoms with Crippen LogP contribution in [0.3, 0.4) is 0 Å². The Hall–Kier alpha value is -1.07. The summed E-state index contributed by atoms with van der Waals surface area (Å²) in [7, 11) is -1.91. The van der Waals surface area contributed by atoms with Crippen molar-refractivity contribution in [1.29, 1.82) is 0 Å². The van der Waals surface area contributed by atoms with E-state index in [4.69, 9.17) is 5.11 Å². The second-order valence-corrected chi connectivity index (χ2v) is 5.92. The average molecular weight is 243 g/mol. The van der Waals surface area contributed by atoms with Gasteiger partial charge in [-0.05, 0) is 25.5 Å². The normalized spacial score (nSPS) is 11.5. The first-order valence-corrected chi connectivity index (χ1v) is 6.64. The number of sulfonamides is 1. The molecule has 1 N–H and O–H groups in total. The topological polar surface area (TPSA) is 57.6 Å². The van der Waals surface area contributed by atoms with Crippen molar-refractivity contribution < 1.29 is 13.5 Å². The predicted molar refractivity (Wildman–Crippen MR) is 65.2 cm³/mol. The molecule has 0 radical (unpaired) electrons. The first-order valence-electron chi connectivity index (χ1n) is 5.03. The van der Waals surface area contributed by atoms with Gasteiger partial charge in [0.25, 0.3) is 0 Å². The predicted octanol–water partition coefficient (Wildman–Crippen LogP) is 1.06. The maximum atomic E-state index is 11.7. The number of benzene rings is 1. The minimum absolute atomic E-state index is 0.253. The molecule has 1 aromatic carbocycles. The van der Waals surface area contributed by atoms with E-state index in [1.807, 2.05) is 26.0 Å². The fraction of sp³-hybridized carbons (Fsp3) is 0.455. The van der Waals surface area contributed by atoms with E-state index in [0.717, 1.165) is 11.1 Å². The molecule has 1 aromatic rings. The molecule has 4 nitrogen and oxygen atoms in total. The maximum absolute atomic E-state index is 11.7. The molecule has 0 unspecified atom stereocenters. The van der Waals surface area contributed by atoms with Crippen molar-refractivity contribution in [3.05, 3.63) is 29.3 Å². The number of aryl methyl sites for hydroxylation is 2. The maximum Gasteiger partial charge on any atom is 0.237 e. The van der Waals surface area contributed by atoms with Crippen molar-refractivity contribution in [3.63, 3.8) is 0 Å². The number of aliphatic hydroxyl groups is 1. The van der Waals surface area contributed by atoms with Gasteiger partial charge in [0.2, 0.25) is 10.0 Å². The third-order valence-corrected chi connectivity index (χ3v) is 4.19. The molecule has 0 bridgehead atoms. The summed E-state index contributed by atoms with van der Waals surface area (Å²) in [6.07, 6.45) is 0. The third-order valence-electron chi connectivity index (χ3n) is 2.46. The van der Waals surface area contributed by atoms with Crippen LogP contribution < -0.4 is 4.31 Å². The fourth-order valence-electron chi connectivity index (χ4n) is 1.56. The molecule has 0 saturated heterocycles. The van der Waals surface area contributed by atoms with Crippen molar-refractivity contribution in [2.75, 3.05) is 23.7 Å². The van der Waals surface area contributed by atoms with E-state index in [1.54, 1.807) is 6.07 Å². The van der Waals surface area contributed by atoms with E-state index in [0.29, 0.717) is 5.69 Å². The van der Waals surface area contributed by atoms with Crippen molar-refractivity contribution in [1.82, 2.24) is 0 Å². The van der Waals surface area contributed by atoms with Gasteiger partial charge in [0.15, 0.2) is 0 Å². The Morgan fingerprint density at radius 2 is 1.94 bits per heavy atom. The molecule has 0 spiro atoms. The Labute approximate surface area is 96.6 Å². The highest BCUT2D eigenvalue weighted by Crippen LogP contribution is 2.22. The largest absolute Gasteiger partial charge is 0.395 e. The highest BCUT2D eigenvalue weighted by molar-refractivity contribution is 7.92. The number of rotatable bonds is 4. The molecule has 0 aliphatic heterocycles. The Kier molecular flexibility index (Phi) is 3.93. The van der Waals surface area contributed by atoms with Crippen molar-refractivity contribution in [2.45, 2.75) is 13.8 Å². The van der Waals surface area contributed by atoms with Gasteiger partial charge in [-0.3, -0.25) is 4.31 Å². The number of aliphatic hydroxyl groups excluding tert-OH is 1. The molecule has 0 atom stereocenters. The lowest BCUT2D eigenvalue weighted by Crippen LogP contribution is -2.30. The van der Waals surface area contributed by atoms with Crippen LogP contribution in [0.15, 0.2) is 18.2 Å². The zero-order valence-electron chi connectivity index (χ0n) is 9.77. The zero-order chi connectivity index (χ0) is 12.3. The minimum atomic E-state index is -3.42. The van der Waals surface area contributed by atoms with E-state index < -0.39 is 10.0 Å².